The van der Waals surface area contributed by atoms with Gasteiger partial charge in [0.25, 0.3) is 0 Å². The van der Waals surface area contributed by atoms with Crippen LogP contribution in [0.25, 0.3) is 0 Å². The van der Waals surface area contributed by atoms with E-state index in [1.165, 1.54) is 12.0 Å². The highest BCUT2D eigenvalue weighted by atomic mass is 16.5. The lowest BCUT2D eigenvalue weighted by Crippen LogP contribution is -2.40. The van der Waals surface area contributed by atoms with E-state index in [4.69, 9.17) is 10.5 Å². The molecule has 0 amide bonds. The predicted molar refractivity (Wildman–Crippen MR) is 78.3 cm³/mol. The number of guanidine groups is 1. The lowest BCUT2D eigenvalue weighted by molar-refractivity contribution is 0.117. The fourth-order valence-corrected chi connectivity index (χ4v) is 2.40. The van der Waals surface area contributed by atoms with Crippen LogP contribution < -0.4 is 11.1 Å². The zero-order valence-electron chi connectivity index (χ0n) is 11.9. The topological polar surface area (TPSA) is 62.9 Å². The first-order valence-electron chi connectivity index (χ1n) is 7.27. The normalized spacial score (nSPS) is 25.4. The van der Waals surface area contributed by atoms with Crippen LogP contribution in [0.5, 0.6) is 0 Å². The van der Waals surface area contributed by atoms with E-state index in [9.17, 15) is 0 Å². The summed E-state index contributed by atoms with van der Waals surface area (Å²) in [5, 5.41) is 3.17. The maximum Gasteiger partial charge on any atom is 0.188 e. The van der Waals surface area contributed by atoms with Gasteiger partial charge >= 0.3 is 0 Å². The third-order valence-electron chi connectivity index (χ3n) is 3.74. The Morgan fingerprint density at radius 2 is 2.53 bits per heavy atom. The summed E-state index contributed by atoms with van der Waals surface area (Å²) in [5.41, 5.74) is 7.34. The molecule has 0 spiro atoms. The van der Waals surface area contributed by atoms with E-state index in [0.717, 1.165) is 45.6 Å². The van der Waals surface area contributed by atoms with Crippen molar-refractivity contribution in [3.63, 3.8) is 0 Å². The van der Waals surface area contributed by atoms with Gasteiger partial charge in [0.2, 0.25) is 0 Å². The van der Waals surface area contributed by atoms with Crippen molar-refractivity contribution in [3.8, 4) is 0 Å². The van der Waals surface area contributed by atoms with Gasteiger partial charge in [-0.05, 0) is 26.2 Å². The van der Waals surface area contributed by atoms with Crippen molar-refractivity contribution in [2.24, 2.45) is 10.7 Å². The van der Waals surface area contributed by atoms with Crippen molar-refractivity contribution >= 4 is 5.96 Å². The average molecular weight is 266 g/mol. The van der Waals surface area contributed by atoms with E-state index in [0.29, 0.717) is 12.5 Å². The Morgan fingerprint density at radius 3 is 3.21 bits per heavy atom. The van der Waals surface area contributed by atoms with E-state index in [-0.39, 0.29) is 6.10 Å². The molecule has 0 aromatic carbocycles. The van der Waals surface area contributed by atoms with Crippen LogP contribution >= 0.6 is 0 Å². The van der Waals surface area contributed by atoms with E-state index >= 15 is 0 Å². The zero-order valence-corrected chi connectivity index (χ0v) is 11.9. The molecular formula is C14H26N4O. The maximum atomic E-state index is 5.84. The molecular weight excluding hydrogens is 240 g/mol. The second-order valence-electron chi connectivity index (χ2n) is 5.39. The molecule has 0 saturated carbocycles. The van der Waals surface area contributed by atoms with Gasteiger partial charge in [0, 0.05) is 32.8 Å². The van der Waals surface area contributed by atoms with Crippen molar-refractivity contribution < 1.29 is 4.74 Å². The van der Waals surface area contributed by atoms with Gasteiger partial charge in [0.1, 0.15) is 0 Å². The molecule has 2 heterocycles. The molecule has 2 aliphatic heterocycles. The Labute approximate surface area is 115 Å². The summed E-state index contributed by atoms with van der Waals surface area (Å²) < 4.78 is 5.51. The Bertz CT molecular complexity index is 334. The molecule has 0 aliphatic carbocycles. The first kappa shape index (κ1) is 14.3. The second-order valence-corrected chi connectivity index (χ2v) is 5.39. The summed E-state index contributed by atoms with van der Waals surface area (Å²) in [4.78, 5) is 6.75. The summed E-state index contributed by atoms with van der Waals surface area (Å²) in [6.45, 7) is 7.83. The van der Waals surface area contributed by atoms with E-state index in [2.05, 4.69) is 28.2 Å². The second kappa shape index (κ2) is 7.50. The molecule has 0 bridgehead atoms. The summed E-state index contributed by atoms with van der Waals surface area (Å²) in [5.74, 6) is 0.541. The van der Waals surface area contributed by atoms with Crippen LogP contribution in [0.15, 0.2) is 16.6 Å². The SMILES string of the molecule is CC1=CCN(CCNC(N)=NCC2CCCO2)CC1. The van der Waals surface area contributed by atoms with Crippen molar-refractivity contribution in [3.05, 3.63) is 11.6 Å². The Kier molecular flexibility index (Phi) is 5.66. The van der Waals surface area contributed by atoms with Gasteiger partial charge in [0.05, 0.1) is 12.6 Å². The van der Waals surface area contributed by atoms with Gasteiger partial charge < -0.3 is 15.8 Å². The van der Waals surface area contributed by atoms with Crippen LogP contribution in [0.3, 0.4) is 0 Å². The summed E-state index contributed by atoms with van der Waals surface area (Å²) in [7, 11) is 0. The lowest BCUT2D eigenvalue weighted by atomic mass is 10.1. The molecule has 0 aromatic heterocycles. The fraction of sp³-hybridized carbons (Fsp3) is 0.786. The molecule has 5 nitrogen and oxygen atoms in total. The molecule has 2 rings (SSSR count). The van der Waals surface area contributed by atoms with Crippen LogP contribution in [0.2, 0.25) is 0 Å². The van der Waals surface area contributed by atoms with E-state index in [1.807, 2.05) is 0 Å². The number of nitrogens with zero attached hydrogens (tertiary/aromatic N) is 2. The Morgan fingerprint density at radius 1 is 1.63 bits per heavy atom. The molecule has 1 unspecified atom stereocenters. The molecule has 2 aliphatic rings. The molecule has 3 N–H and O–H groups in total. The quantitative estimate of drug-likeness (QED) is 0.437. The first-order chi connectivity index (χ1) is 9.24. The van der Waals surface area contributed by atoms with Crippen LogP contribution in [0.1, 0.15) is 26.2 Å². The highest BCUT2D eigenvalue weighted by Crippen LogP contribution is 2.11. The molecule has 108 valence electrons. The van der Waals surface area contributed by atoms with Crippen molar-refractivity contribution in [1.29, 1.82) is 0 Å². The molecule has 0 radical (unpaired) electrons. The smallest absolute Gasteiger partial charge is 0.188 e. The minimum atomic E-state index is 0.274. The molecule has 19 heavy (non-hydrogen) atoms. The highest BCUT2D eigenvalue weighted by Gasteiger charge is 2.14. The summed E-state index contributed by atoms with van der Waals surface area (Å²) in [6, 6.07) is 0. The van der Waals surface area contributed by atoms with Gasteiger partial charge in [-0.25, -0.2) is 0 Å². The third kappa shape index (κ3) is 5.20. The molecule has 5 heteroatoms. The van der Waals surface area contributed by atoms with Gasteiger partial charge in [0.15, 0.2) is 5.96 Å². The molecule has 0 aromatic rings. The molecule has 1 saturated heterocycles. The van der Waals surface area contributed by atoms with Crippen molar-refractivity contribution in [2.45, 2.75) is 32.3 Å². The standard InChI is InChI=1S/C14H26N4O/c1-12-4-7-18(8-5-12)9-6-16-14(15)17-11-13-3-2-10-19-13/h4,13H,2-3,5-11H2,1H3,(H3,15,16,17). The van der Waals surface area contributed by atoms with Gasteiger partial charge in [-0.2, -0.15) is 0 Å². The fourth-order valence-electron chi connectivity index (χ4n) is 2.40. The number of hydrogen-bond donors (Lipinski definition) is 2. The number of ether oxygens (including phenoxy) is 1. The van der Waals surface area contributed by atoms with Crippen LogP contribution in [-0.4, -0.2) is 56.3 Å². The minimum Gasteiger partial charge on any atom is -0.376 e. The van der Waals surface area contributed by atoms with Crippen LogP contribution in [-0.2, 0) is 4.74 Å². The lowest BCUT2D eigenvalue weighted by Gasteiger charge is -2.25. The highest BCUT2D eigenvalue weighted by molar-refractivity contribution is 5.77. The third-order valence-corrected chi connectivity index (χ3v) is 3.74. The zero-order chi connectivity index (χ0) is 13.5. The average Bonchev–Trinajstić information content (AvgIpc) is 2.92. The number of nitrogens with one attached hydrogen (secondary N) is 1. The Hall–Kier alpha value is -1.07. The van der Waals surface area contributed by atoms with E-state index in [1.54, 1.807) is 0 Å². The first-order valence-corrected chi connectivity index (χ1v) is 7.27. The van der Waals surface area contributed by atoms with Crippen LogP contribution in [0.4, 0.5) is 0 Å². The molecule has 1 fully saturated rings. The summed E-state index contributed by atoms with van der Waals surface area (Å²) >= 11 is 0. The van der Waals surface area contributed by atoms with Gasteiger partial charge in [-0.1, -0.05) is 11.6 Å². The number of nitrogens with two attached hydrogens (primary N) is 1. The van der Waals surface area contributed by atoms with E-state index < -0.39 is 0 Å². The van der Waals surface area contributed by atoms with Crippen molar-refractivity contribution in [2.75, 3.05) is 39.3 Å². The summed E-state index contributed by atoms with van der Waals surface area (Å²) in [6.07, 6.45) is 6.02. The largest absolute Gasteiger partial charge is 0.376 e. The van der Waals surface area contributed by atoms with Crippen LogP contribution in [0, 0.1) is 0 Å². The van der Waals surface area contributed by atoms with Gasteiger partial charge in [-0.3, -0.25) is 9.89 Å². The maximum absolute atomic E-state index is 5.84. The minimum absolute atomic E-state index is 0.274. The molecule has 1 atom stereocenters. The number of aliphatic imine (C=N–C) groups is 1. The Balaban J connectivity index is 1.58. The monoisotopic (exact) mass is 266 g/mol. The van der Waals surface area contributed by atoms with Gasteiger partial charge in [-0.15, -0.1) is 0 Å². The number of hydrogen-bond acceptors (Lipinski definition) is 3. The van der Waals surface area contributed by atoms with Crippen molar-refractivity contribution in [1.82, 2.24) is 10.2 Å². The number of rotatable bonds is 5. The predicted octanol–water partition coefficient (Wildman–Crippen LogP) is 0.722.